The molecule has 0 rings (SSSR count). The van der Waals surface area contributed by atoms with Crippen molar-refractivity contribution in [1.82, 2.24) is 0 Å². The summed E-state index contributed by atoms with van der Waals surface area (Å²) in [6.45, 7) is 10.0. The van der Waals surface area contributed by atoms with Crippen molar-refractivity contribution in [3.05, 3.63) is 0 Å². The molecule has 0 aromatic rings. The monoisotopic (exact) mass is 250 g/mol. The number of carbonyl (C=O) groups is 1. The van der Waals surface area contributed by atoms with Crippen LogP contribution in [0, 0.1) is 5.92 Å². The van der Waals surface area contributed by atoms with Gasteiger partial charge in [0, 0.05) is 0 Å². The fourth-order valence-corrected chi connectivity index (χ4v) is 1.56. The Morgan fingerprint density at radius 2 is 1.59 bits per heavy atom. The number of carbonyl (C=O) groups excluding carboxylic acids is 1. The molecule has 1 unspecified atom stereocenters. The fraction of sp³-hybridized carbons (Fsp3) is 0.923. The van der Waals surface area contributed by atoms with Crippen molar-refractivity contribution in [3.8, 4) is 0 Å². The van der Waals surface area contributed by atoms with Gasteiger partial charge in [-0.1, -0.05) is 33.1 Å². The van der Waals surface area contributed by atoms with Crippen LogP contribution in [-0.4, -0.2) is 22.5 Å². The maximum Gasteiger partial charge on any atom is 0.309 e. The van der Waals surface area contributed by atoms with Gasteiger partial charge in [0.25, 0.3) is 0 Å². The molecule has 0 radical (unpaired) electrons. The van der Waals surface area contributed by atoms with E-state index < -0.39 is 0 Å². The summed E-state index contributed by atoms with van der Waals surface area (Å²) >= 11 is 0. The van der Waals surface area contributed by atoms with Crippen LogP contribution in [0.4, 0.5) is 0 Å². The molecule has 0 saturated heterocycles. The van der Waals surface area contributed by atoms with Gasteiger partial charge in [-0.15, -0.1) is 0 Å². The van der Waals surface area contributed by atoms with Crippen LogP contribution in [0.25, 0.3) is 0 Å². The first-order valence-corrected chi connectivity index (χ1v) is 6.13. The molecule has 0 aromatic heterocycles. The lowest BCUT2D eigenvalue weighted by atomic mass is 9.97. The topological polar surface area (TPSA) is 89.3 Å². The summed E-state index contributed by atoms with van der Waals surface area (Å²) in [7, 11) is 0. The average Bonchev–Trinajstić information content (AvgIpc) is 2.09. The zero-order valence-electron chi connectivity index (χ0n) is 11.9. The van der Waals surface area contributed by atoms with Gasteiger partial charge >= 0.3 is 5.97 Å². The normalized spacial score (nSPS) is 12.1. The minimum absolute atomic E-state index is 0. The molecule has 0 aliphatic carbocycles. The Labute approximate surface area is 105 Å². The highest BCUT2D eigenvalue weighted by atomic mass is 16.6. The molecule has 0 aliphatic heterocycles. The minimum Gasteiger partial charge on any atom is -0.460 e. The highest BCUT2D eigenvalue weighted by Crippen LogP contribution is 2.20. The molecule has 4 heteroatoms. The zero-order chi connectivity index (χ0) is 11.9. The summed E-state index contributed by atoms with van der Waals surface area (Å²) < 4.78 is 5.41. The van der Waals surface area contributed by atoms with Crippen LogP contribution in [0.1, 0.15) is 66.7 Å². The molecule has 4 nitrogen and oxygen atoms in total. The van der Waals surface area contributed by atoms with E-state index in [1.165, 1.54) is 0 Å². The quantitative estimate of drug-likeness (QED) is 0.677. The molecule has 106 valence electrons. The lowest BCUT2D eigenvalue weighted by Gasteiger charge is -2.23. The minimum atomic E-state index is -0.352. The summed E-state index contributed by atoms with van der Waals surface area (Å²) in [5.41, 5.74) is -0.352. The van der Waals surface area contributed by atoms with Gasteiger partial charge in [0.15, 0.2) is 0 Å². The molecule has 17 heavy (non-hydrogen) atoms. The summed E-state index contributed by atoms with van der Waals surface area (Å²) in [4.78, 5) is 11.8. The van der Waals surface area contributed by atoms with Crippen LogP contribution in [0.15, 0.2) is 0 Å². The second-order valence-corrected chi connectivity index (χ2v) is 5.16. The number of rotatable bonds is 6. The van der Waals surface area contributed by atoms with E-state index >= 15 is 0 Å². The smallest absolute Gasteiger partial charge is 0.309 e. The van der Waals surface area contributed by atoms with E-state index in [-0.39, 0.29) is 28.4 Å². The molecule has 0 heterocycles. The summed E-state index contributed by atoms with van der Waals surface area (Å²) in [6.07, 6.45) is 5.23. The van der Waals surface area contributed by atoms with E-state index in [1.807, 2.05) is 20.8 Å². The van der Waals surface area contributed by atoms with E-state index in [1.54, 1.807) is 0 Å². The van der Waals surface area contributed by atoms with Crippen molar-refractivity contribution in [2.45, 2.75) is 72.3 Å². The van der Waals surface area contributed by atoms with Crippen molar-refractivity contribution < 1.29 is 20.5 Å². The number of unbranched alkanes of at least 4 members (excludes halogenated alkanes) is 1. The van der Waals surface area contributed by atoms with Gasteiger partial charge in [-0.25, -0.2) is 0 Å². The van der Waals surface area contributed by atoms with Gasteiger partial charge in [-0.05, 0) is 33.6 Å². The van der Waals surface area contributed by atoms with Crippen LogP contribution in [0.5, 0.6) is 0 Å². The van der Waals surface area contributed by atoms with E-state index in [2.05, 4.69) is 13.8 Å². The highest BCUT2D eigenvalue weighted by Gasteiger charge is 2.23. The zero-order valence-corrected chi connectivity index (χ0v) is 11.9. The number of ether oxygens (including phenoxy) is 1. The standard InChI is InChI=1S/C13H26O2.2H2O/c1-6-8-10-11(9-7-2)12(14)15-13(3,4)5;;/h11H,6-10H2,1-5H3;2*1H2. The number of hydrogen-bond acceptors (Lipinski definition) is 2. The summed E-state index contributed by atoms with van der Waals surface area (Å²) in [6, 6.07) is 0. The van der Waals surface area contributed by atoms with Crippen molar-refractivity contribution in [3.63, 3.8) is 0 Å². The van der Waals surface area contributed by atoms with Gasteiger partial charge in [0.2, 0.25) is 0 Å². The molecule has 0 aliphatic rings. The Morgan fingerprint density at radius 3 is 1.94 bits per heavy atom. The van der Waals surface area contributed by atoms with Crippen LogP contribution in [-0.2, 0) is 9.53 Å². The molecule has 0 fully saturated rings. The maximum absolute atomic E-state index is 11.8. The first-order valence-electron chi connectivity index (χ1n) is 6.13. The molecule has 0 spiro atoms. The number of hydrogen-bond donors (Lipinski definition) is 0. The van der Waals surface area contributed by atoms with Crippen LogP contribution in [0.3, 0.4) is 0 Å². The van der Waals surface area contributed by atoms with Crippen molar-refractivity contribution in [2.75, 3.05) is 0 Å². The Morgan fingerprint density at radius 1 is 1.06 bits per heavy atom. The van der Waals surface area contributed by atoms with Gasteiger partial charge < -0.3 is 15.7 Å². The first-order chi connectivity index (χ1) is 6.90. The van der Waals surface area contributed by atoms with Crippen LogP contribution < -0.4 is 0 Å². The lowest BCUT2D eigenvalue weighted by molar-refractivity contribution is -0.160. The Bertz CT molecular complexity index is 184. The molecule has 4 N–H and O–H groups in total. The van der Waals surface area contributed by atoms with Crippen molar-refractivity contribution >= 4 is 5.97 Å². The van der Waals surface area contributed by atoms with Gasteiger partial charge in [0.1, 0.15) is 5.60 Å². The molecule has 0 aromatic carbocycles. The third-order valence-electron chi connectivity index (χ3n) is 2.28. The molecule has 0 amide bonds. The van der Waals surface area contributed by atoms with Gasteiger partial charge in [-0.2, -0.15) is 0 Å². The third-order valence-corrected chi connectivity index (χ3v) is 2.28. The van der Waals surface area contributed by atoms with Crippen molar-refractivity contribution in [1.29, 1.82) is 0 Å². The van der Waals surface area contributed by atoms with Crippen molar-refractivity contribution in [2.24, 2.45) is 5.92 Å². The molecular weight excluding hydrogens is 220 g/mol. The Kier molecular flexibility index (Phi) is 13.4. The van der Waals surface area contributed by atoms with Crippen LogP contribution >= 0.6 is 0 Å². The largest absolute Gasteiger partial charge is 0.460 e. The predicted molar refractivity (Wildman–Crippen MR) is 71.0 cm³/mol. The van der Waals surface area contributed by atoms with Gasteiger partial charge in [-0.3, -0.25) is 4.79 Å². The maximum atomic E-state index is 11.8. The fourth-order valence-electron chi connectivity index (χ4n) is 1.56. The molecular formula is C13H30O4. The summed E-state index contributed by atoms with van der Waals surface area (Å²) in [5, 5.41) is 0. The summed E-state index contributed by atoms with van der Waals surface area (Å²) in [5.74, 6) is 0.0898. The molecule has 1 atom stereocenters. The predicted octanol–water partition coefficient (Wildman–Crippen LogP) is 2.29. The number of esters is 1. The molecule has 0 saturated carbocycles. The van der Waals surface area contributed by atoms with Gasteiger partial charge in [0.05, 0.1) is 5.92 Å². The second kappa shape index (κ2) is 10.5. The Balaban J connectivity index is -0.000000980. The van der Waals surface area contributed by atoms with E-state index in [0.717, 1.165) is 32.1 Å². The Hall–Kier alpha value is -0.610. The SMILES string of the molecule is CCCCC(CCC)C(=O)OC(C)(C)C.O.O. The van der Waals surface area contributed by atoms with Crippen LogP contribution in [0.2, 0.25) is 0 Å². The third kappa shape index (κ3) is 11.6. The molecule has 0 bridgehead atoms. The average molecular weight is 250 g/mol. The van der Waals surface area contributed by atoms with E-state index in [9.17, 15) is 4.79 Å². The lowest BCUT2D eigenvalue weighted by Crippen LogP contribution is -2.28. The van der Waals surface area contributed by atoms with E-state index in [4.69, 9.17) is 4.74 Å². The van der Waals surface area contributed by atoms with E-state index in [0.29, 0.717) is 0 Å². The second-order valence-electron chi connectivity index (χ2n) is 5.16. The highest BCUT2D eigenvalue weighted by molar-refractivity contribution is 5.72. The first kappa shape index (κ1) is 21.7.